The van der Waals surface area contributed by atoms with E-state index in [4.69, 9.17) is 10.2 Å². The second-order valence-corrected chi connectivity index (χ2v) is 5.14. The maximum atomic E-state index is 8.97. The molecule has 1 aromatic carbocycles. The minimum atomic E-state index is 0.0159. The summed E-state index contributed by atoms with van der Waals surface area (Å²) >= 11 is 3.38. The van der Waals surface area contributed by atoms with Crippen LogP contribution in [0.2, 0.25) is 0 Å². The number of aliphatic hydroxyl groups excluding tert-OH is 2. The van der Waals surface area contributed by atoms with Gasteiger partial charge in [0.1, 0.15) is 0 Å². The van der Waals surface area contributed by atoms with E-state index < -0.39 is 0 Å². The molecule has 0 unspecified atom stereocenters. The van der Waals surface area contributed by atoms with Gasteiger partial charge in [0, 0.05) is 29.8 Å². The van der Waals surface area contributed by atoms with Crippen LogP contribution in [0.1, 0.15) is 5.82 Å². The Morgan fingerprint density at radius 2 is 1.81 bits per heavy atom. The van der Waals surface area contributed by atoms with Gasteiger partial charge < -0.3 is 15.1 Å². The molecular formula is C13H16BrN5O2. The molecule has 0 aliphatic heterocycles. The molecule has 0 amide bonds. The van der Waals surface area contributed by atoms with E-state index in [1.165, 1.54) is 0 Å². The minimum Gasteiger partial charge on any atom is -0.395 e. The summed E-state index contributed by atoms with van der Waals surface area (Å²) in [4.78, 5) is 1.79. The van der Waals surface area contributed by atoms with Crippen molar-refractivity contribution in [2.45, 2.75) is 0 Å². The number of hydrogen-bond donors (Lipinski definition) is 2. The molecule has 8 heteroatoms. The molecule has 1 heterocycles. The van der Waals surface area contributed by atoms with Gasteiger partial charge >= 0.3 is 0 Å². The lowest BCUT2D eigenvalue weighted by atomic mass is 10.3. The zero-order valence-corrected chi connectivity index (χ0v) is 12.9. The van der Waals surface area contributed by atoms with Crippen LogP contribution in [-0.2, 0) is 0 Å². The summed E-state index contributed by atoms with van der Waals surface area (Å²) in [6, 6.07) is 7.62. The van der Waals surface area contributed by atoms with E-state index in [-0.39, 0.29) is 13.2 Å². The first-order valence-corrected chi connectivity index (χ1v) is 7.22. The summed E-state index contributed by atoms with van der Waals surface area (Å²) in [5, 5.41) is 29.5. The van der Waals surface area contributed by atoms with Crippen LogP contribution in [-0.4, -0.2) is 61.6 Å². The van der Waals surface area contributed by atoms with Gasteiger partial charge in [-0.05, 0) is 34.7 Å². The molecule has 0 aliphatic rings. The number of aliphatic hydroxyl groups is 2. The van der Waals surface area contributed by atoms with Crippen LogP contribution < -0.4 is 0 Å². The number of nitrogens with zero attached hydrogens (tertiary/aromatic N) is 5. The first-order chi connectivity index (χ1) is 10.2. The number of rotatable bonds is 7. The Kier molecular flexibility index (Phi) is 5.85. The molecule has 0 saturated heterocycles. The fourth-order valence-corrected chi connectivity index (χ4v) is 2.02. The zero-order chi connectivity index (χ0) is 15.1. The first kappa shape index (κ1) is 15.6. The monoisotopic (exact) mass is 353 g/mol. The summed E-state index contributed by atoms with van der Waals surface area (Å²) in [6.07, 6.45) is 3.50. The number of benzene rings is 1. The highest BCUT2D eigenvalue weighted by atomic mass is 79.9. The van der Waals surface area contributed by atoms with Crippen molar-refractivity contribution < 1.29 is 10.2 Å². The molecule has 0 atom stereocenters. The predicted molar refractivity (Wildman–Crippen MR) is 81.6 cm³/mol. The van der Waals surface area contributed by atoms with Crippen molar-refractivity contribution in [3.05, 3.63) is 40.8 Å². The van der Waals surface area contributed by atoms with Crippen molar-refractivity contribution in [3.63, 3.8) is 0 Å². The number of tetrazole rings is 1. The Bertz CT molecular complexity index is 579. The Morgan fingerprint density at radius 3 is 2.43 bits per heavy atom. The van der Waals surface area contributed by atoms with Crippen molar-refractivity contribution in [1.82, 2.24) is 25.1 Å². The minimum absolute atomic E-state index is 0.0159. The van der Waals surface area contributed by atoms with Crippen LogP contribution >= 0.6 is 15.9 Å². The number of halogens is 1. The van der Waals surface area contributed by atoms with Crippen molar-refractivity contribution >= 4 is 22.0 Å². The van der Waals surface area contributed by atoms with Crippen molar-refractivity contribution in [1.29, 1.82) is 0 Å². The summed E-state index contributed by atoms with van der Waals surface area (Å²) < 4.78 is 2.59. The third-order valence-electron chi connectivity index (χ3n) is 2.77. The van der Waals surface area contributed by atoms with Gasteiger partial charge in [-0.15, -0.1) is 5.10 Å². The quantitative estimate of drug-likeness (QED) is 0.761. The molecule has 0 fully saturated rings. The number of aromatic nitrogens is 4. The molecule has 0 spiro atoms. The van der Waals surface area contributed by atoms with Gasteiger partial charge in [0.25, 0.3) is 0 Å². The summed E-state index contributed by atoms with van der Waals surface area (Å²) in [7, 11) is 0. The van der Waals surface area contributed by atoms with Crippen LogP contribution in [0.3, 0.4) is 0 Å². The molecule has 1 aromatic heterocycles. The molecule has 2 aromatic rings. The van der Waals surface area contributed by atoms with Crippen LogP contribution in [0.25, 0.3) is 11.8 Å². The SMILES string of the molecule is OCCN(/C=C/c1nnnn1-c1ccc(Br)cc1)CCO. The molecule has 21 heavy (non-hydrogen) atoms. The molecule has 0 saturated carbocycles. The van der Waals surface area contributed by atoms with Gasteiger partial charge in [0.2, 0.25) is 0 Å². The summed E-state index contributed by atoms with van der Waals surface area (Å²) in [5.41, 5.74) is 0.846. The molecule has 0 aliphatic carbocycles. The molecule has 2 rings (SSSR count). The summed E-state index contributed by atoms with van der Waals surface area (Å²) in [5.74, 6) is 0.568. The maximum absolute atomic E-state index is 8.97. The van der Waals surface area contributed by atoms with Gasteiger partial charge in [-0.2, -0.15) is 4.68 Å². The standard InChI is InChI=1S/C13H16BrN5O2/c14-11-1-3-12(4-2-11)19-13(15-16-17-19)5-6-18(7-9-20)8-10-21/h1-6,20-21H,7-10H2/b6-5+. The fraction of sp³-hybridized carbons (Fsp3) is 0.308. The lowest BCUT2D eigenvalue weighted by Gasteiger charge is -2.17. The van der Waals surface area contributed by atoms with Gasteiger partial charge in [-0.25, -0.2) is 0 Å². The van der Waals surface area contributed by atoms with Crippen LogP contribution in [0.5, 0.6) is 0 Å². The molecule has 7 nitrogen and oxygen atoms in total. The second-order valence-electron chi connectivity index (χ2n) is 4.22. The van der Waals surface area contributed by atoms with E-state index in [0.717, 1.165) is 10.2 Å². The lowest BCUT2D eigenvalue weighted by Crippen LogP contribution is -2.24. The van der Waals surface area contributed by atoms with E-state index in [9.17, 15) is 0 Å². The fourth-order valence-electron chi connectivity index (χ4n) is 1.75. The van der Waals surface area contributed by atoms with Crippen LogP contribution in [0.4, 0.5) is 0 Å². The average Bonchev–Trinajstić information content (AvgIpc) is 2.94. The third kappa shape index (κ3) is 4.35. The largest absolute Gasteiger partial charge is 0.395 e. The zero-order valence-electron chi connectivity index (χ0n) is 11.3. The van der Waals surface area contributed by atoms with Gasteiger partial charge in [0.15, 0.2) is 5.82 Å². The third-order valence-corrected chi connectivity index (χ3v) is 3.30. The van der Waals surface area contributed by atoms with Gasteiger partial charge in [0.05, 0.1) is 18.9 Å². The highest BCUT2D eigenvalue weighted by Crippen LogP contribution is 2.14. The van der Waals surface area contributed by atoms with Crippen molar-refractivity contribution in [2.75, 3.05) is 26.3 Å². The molecular weight excluding hydrogens is 338 g/mol. The predicted octanol–water partition coefficient (Wildman–Crippen LogP) is 0.682. The Hall–Kier alpha value is -1.77. The Balaban J connectivity index is 2.18. The van der Waals surface area contributed by atoms with E-state index in [1.807, 2.05) is 24.3 Å². The Labute approximate surface area is 130 Å². The molecule has 112 valence electrons. The molecule has 2 N–H and O–H groups in total. The smallest absolute Gasteiger partial charge is 0.181 e. The van der Waals surface area contributed by atoms with E-state index in [1.54, 1.807) is 21.9 Å². The van der Waals surface area contributed by atoms with Gasteiger partial charge in [-0.1, -0.05) is 15.9 Å². The Morgan fingerprint density at radius 1 is 1.14 bits per heavy atom. The van der Waals surface area contributed by atoms with E-state index in [2.05, 4.69) is 31.5 Å². The summed E-state index contributed by atoms with van der Waals surface area (Å²) in [6.45, 7) is 0.914. The number of hydrogen-bond acceptors (Lipinski definition) is 6. The van der Waals surface area contributed by atoms with Crippen LogP contribution in [0, 0.1) is 0 Å². The molecule has 0 bridgehead atoms. The average molecular weight is 354 g/mol. The molecule has 0 radical (unpaired) electrons. The first-order valence-electron chi connectivity index (χ1n) is 6.43. The van der Waals surface area contributed by atoms with Crippen LogP contribution in [0.15, 0.2) is 34.9 Å². The van der Waals surface area contributed by atoms with E-state index in [0.29, 0.717) is 18.9 Å². The van der Waals surface area contributed by atoms with Crippen molar-refractivity contribution in [3.8, 4) is 5.69 Å². The lowest BCUT2D eigenvalue weighted by molar-refractivity contribution is 0.199. The van der Waals surface area contributed by atoms with Crippen molar-refractivity contribution in [2.24, 2.45) is 0 Å². The topological polar surface area (TPSA) is 87.3 Å². The normalized spacial score (nSPS) is 11.2. The maximum Gasteiger partial charge on any atom is 0.181 e. The van der Waals surface area contributed by atoms with E-state index >= 15 is 0 Å². The highest BCUT2D eigenvalue weighted by Gasteiger charge is 2.06. The second kappa shape index (κ2) is 7.87. The highest BCUT2D eigenvalue weighted by molar-refractivity contribution is 9.10. The van der Waals surface area contributed by atoms with Gasteiger partial charge in [-0.3, -0.25) is 0 Å².